The maximum Gasteiger partial charge on any atom is 0.307 e. The molecular formula is C16H25NO7. The van der Waals surface area contributed by atoms with Crippen molar-refractivity contribution in [1.82, 2.24) is 0 Å². The van der Waals surface area contributed by atoms with Gasteiger partial charge in [-0.2, -0.15) is 0 Å². The molecule has 1 aromatic rings. The zero-order valence-electron chi connectivity index (χ0n) is 13.6. The van der Waals surface area contributed by atoms with Crippen molar-refractivity contribution in [3.05, 3.63) is 5.56 Å². The van der Waals surface area contributed by atoms with Crippen LogP contribution in [-0.2, 0) is 11.2 Å². The minimum Gasteiger partial charge on any atom is -0.504 e. The number of carbonyl (C=O) groups is 1. The van der Waals surface area contributed by atoms with Crippen LogP contribution in [0.4, 0.5) is 0 Å². The highest BCUT2D eigenvalue weighted by atomic mass is 16.4. The minimum absolute atomic E-state index is 0.0626. The van der Waals surface area contributed by atoms with Gasteiger partial charge in [-0.15, -0.1) is 0 Å². The summed E-state index contributed by atoms with van der Waals surface area (Å²) in [7, 11) is 0. The Morgan fingerprint density at radius 1 is 1.00 bits per heavy atom. The van der Waals surface area contributed by atoms with Crippen molar-refractivity contribution in [1.29, 1.82) is 0 Å². The number of carboxylic acid groups (broad SMARTS) is 1. The first-order chi connectivity index (χ1) is 11.2. The van der Waals surface area contributed by atoms with E-state index < -0.39 is 40.6 Å². The summed E-state index contributed by atoms with van der Waals surface area (Å²) in [5.74, 6) is -5.55. The molecule has 0 saturated carbocycles. The molecule has 24 heavy (non-hydrogen) atoms. The number of rotatable bonds is 9. The van der Waals surface area contributed by atoms with E-state index in [1.165, 1.54) is 0 Å². The van der Waals surface area contributed by atoms with Crippen molar-refractivity contribution < 1.29 is 35.4 Å². The molecule has 0 spiro atoms. The SMILES string of the molecule is CCC(CCCc1c(O)c(O)c(O)c(O)c1O)CC(CN)C(=O)O. The van der Waals surface area contributed by atoms with Gasteiger partial charge in [0.15, 0.2) is 11.5 Å². The van der Waals surface area contributed by atoms with Crippen LogP contribution in [0.25, 0.3) is 0 Å². The first kappa shape index (κ1) is 19.7. The molecule has 8 N–H and O–H groups in total. The van der Waals surface area contributed by atoms with E-state index in [-0.39, 0.29) is 24.4 Å². The van der Waals surface area contributed by atoms with Gasteiger partial charge in [-0.3, -0.25) is 4.79 Å². The number of carboxylic acids is 1. The summed E-state index contributed by atoms with van der Waals surface area (Å²) in [6.07, 6.45) is 2.46. The van der Waals surface area contributed by atoms with E-state index >= 15 is 0 Å². The van der Waals surface area contributed by atoms with E-state index in [1.54, 1.807) is 0 Å². The lowest BCUT2D eigenvalue weighted by Gasteiger charge is -2.19. The summed E-state index contributed by atoms with van der Waals surface area (Å²) < 4.78 is 0. The lowest BCUT2D eigenvalue weighted by atomic mass is 9.88. The lowest BCUT2D eigenvalue weighted by Crippen LogP contribution is -2.25. The molecule has 136 valence electrons. The molecule has 0 radical (unpaired) electrons. The Kier molecular flexibility index (Phi) is 6.97. The molecule has 8 nitrogen and oxygen atoms in total. The fourth-order valence-corrected chi connectivity index (χ4v) is 2.73. The highest BCUT2D eigenvalue weighted by Crippen LogP contribution is 2.51. The van der Waals surface area contributed by atoms with E-state index in [1.807, 2.05) is 6.92 Å². The summed E-state index contributed by atoms with van der Waals surface area (Å²) in [5, 5.41) is 57.0. The average Bonchev–Trinajstić information content (AvgIpc) is 2.56. The van der Waals surface area contributed by atoms with Crippen LogP contribution >= 0.6 is 0 Å². The van der Waals surface area contributed by atoms with Crippen molar-refractivity contribution >= 4 is 5.97 Å². The maximum absolute atomic E-state index is 11.0. The summed E-state index contributed by atoms with van der Waals surface area (Å²) >= 11 is 0. The highest BCUT2D eigenvalue weighted by molar-refractivity contribution is 5.70. The van der Waals surface area contributed by atoms with Crippen molar-refractivity contribution in [2.75, 3.05) is 6.54 Å². The predicted octanol–water partition coefficient (Wildman–Crippen LogP) is 1.61. The second kappa shape index (κ2) is 8.49. The Labute approximate surface area is 139 Å². The van der Waals surface area contributed by atoms with E-state index in [0.29, 0.717) is 19.3 Å². The third-order valence-corrected chi connectivity index (χ3v) is 4.34. The summed E-state index contributed by atoms with van der Waals surface area (Å²) in [5.41, 5.74) is 5.39. The fourth-order valence-electron chi connectivity index (χ4n) is 2.73. The Balaban J connectivity index is 2.75. The molecule has 0 aliphatic rings. The van der Waals surface area contributed by atoms with Gasteiger partial charge in [0, 0.05) is 12.1 Å². The first-order valence-electron chi connectivity index (χ1n) is 7.84. The summed E-state index contributed by atoms with van der Waals surface area (Å²) in [6, 6.07) is 0. The standard InChI is InChI=1S/C16H25NO7/c1-2-8(6-9(7-17)16(23)24)4-3-5-10-11(18)13(20)15(22)14(21)12(10)19/h8-9,18-22H,2-7,17H2,1H3,(H,23,24). The lowest BCUT2D eigenvalue weighted by molar-refractivity contribution is -0.142. The third kappa shape index (κ3) is 4.35. The molecule has 0 amide bonds. The smallest absolute Gasteiger partial charge is 0.307 e. The predicted molar refractivity (Wildman–Crippen MR) is 86.3 cm³/mol. The number of nitrogens with two attached hydrogens (primary N) is 1. The minimum atomic E-state index is -0.979. The second-order valence-corrected chi connectivity index (χ2v) is 5.89. The van der Waals surface area contributed by atoms with Crippen LogP contribution in [0.3, 0.4) is 0 Å². The van der Waals surface area contributed by atoms with E-state index in [0.717, 1.165) is 6.42 Å². The molecule has 1 rings (SSSR count). The van der Waals surface area contributed by atoms with Crippen LogP contribution in [-0.4, -0.2) is 43.2 Å². The van der Waals surface area contributed by atoms with Crippen molar-refractivity contribution in [3.63, 3.8) is 0 Å². The molecule has 0 saturated heterocycles. The molecule has 2 unspecified atom stereocenters. The number of aliphatic carboxylic acids is 1. The van der Waals surface area contributed by atoms with Crippen LogP contribution in [0.15, 0.2) is 0 Å². The topological polar surface area (TPSA) is 164 Å². The van der Waals surface area contributed by atoms with Gasteiger partial charge in [0.1, 0.15) is 0 Å². The van der Waals surface area contributed by atoms with Gasteiger partial charge in [-0.1, -0.05) is 19.8 Å². The molecule has 2 atom stereocenters. The van der Waals surface area contributed by atoms with E-state index in [2.05, 4.69) is 0 Å². The largest absolute Gasteiger partial charge is 0.504 e. The number of phenols is 5. The van der Waals surface area contributed by atoms with E-state index in [4.69, 9.17) is 10.8 Å². The van der Waals surface area contributed by atoms with Crippen LogP contribution < -0.4 is 5.73 Å². The maximum atomic E-state index is 11.0. The van der Waals surface area contributed by atoms with Crippen molar-refractivity contribution in [2.24, 2.45) is 17.6 Å². The number of hydrogen-bond donors (Lipinski definition) is 7. The second-order valence-electron chi connectivity index (χ2n) is 5.89. The molecule has 0 bridgehead atoms. The Morgan fingerprint density at radius 3 is 1.92 bits per heavy atom. The van der Waals surface area contributed by atoms with Gasteiger partial charge in [0.2, 0.25) is 17.2 Å². The molecule has 0 heterocycles. The van der Waals surface area contributed by atoms with Gasteiger partial charge in [-0.25, -0.2) is 0 Å². The van der Waals surface area contributed by atoms with Gasteiger partial charge in [-0.05, 0) is 25.2 Å². The molecule has 8 heteroatoms. The number of phenolic OH excluding ortho intramolecular Hbond substituents is 5. The average molecular weight is 343 g/mol. The van der Waals surface area contributed by atoms with Gasteiger partial charge in [0.25, 0.3) is 0 Å². The molecule has 0 aromatic heterocycles. The first-order valence-corrected chi connectivity index (χ1v) is 7.84. The van der Waals surface area contributed by atoms with Crippen LogP contribution in [0.2, 0.25) is 0 Å². The Hall–Kier alpha value is -2.35. The zero-order chi connectivity index (χ0) is 18.4. The summed E-state index contributed by atoms with van der Waals surface area (Å²) in [4.78, 5) is 11.0. The fraction of sp³-hybridized carbons (Fsp3) is 0.562. The number of aromatic hydroxyl groups is 5. The quantitative estimate of drug-likeness (QED) is 0.262. The monoisotopic (exact) mass is 343 g/mol. The summed E-state index contributed by atoms with van der Waals surface area (Å²) in [6.45, 7) is 2.00. The van der Waals surface area contributed by atoms with Crippen LogP contribution in [0, 0.1) is 11.8 Å². The third-order valence-electron chi connectivity index (χ3n) is 4.34. The molecular weight excluding hydrogens is 318 g/mol. The van der Waals surface area contributed by atoms with Gasteiger partial charge >= 0.3 is 5.97 Å². The number of hydrogen-bond acceptors (Lipinski definition) is 7. The zero-order valence-corrected chi connectivity index (χ0v) is 13.6. The van der Waals surface area contributed by atoms with Gasteiger partial charge < -0.3 is 36.4 Å². The molecule has 0 aliphatic heterocycles. The normalized spacial score (nSPS) is 13.6. The van der Waals surface area contributed by atoms with Crippen LogP contribution in [0.1, 0.15) is 38.2 Å². The molecule has 0 fully saturated rings. The Bertz CT molecular complexity index is 559. The highest BCUT2D eigenvalue weighted by Gasteiger charge is 2.24. The Morgan fingerprint density at radius 2 is 1.50 bits per heavy atom. The van der Waals surface area contributed by atoms with E-state index in [9.17, 15) is 30.3 Å². The molecule has 1 aromatic carbocycles. The number of benzene rings is 1. The van der Waals surface area contributed by atoms with Crippen molar-refractivity contribution in [2.45, 2.75) is 39.0 Å². The van der Waals surface area contributed by atoms with Crippen molar-refractivity contribution in [3.8, 4) is 28.7 Å². The molecule has 0 aliphatic carbocycles. The van der Waals surface area contributed by atoms with Crippen LogP contribution in [0.5, 0.6) is 28.7 Å². The van der Waals surface area contributed by atoms with Gasteiger partial charge in [0.05, 0.1) is 5.92 Å².